The monoisotopic (exact) mass is 485 g/mol. The summed E-state index contributed by atoms with van der Waals surface area (Å²) in [5, 5.41) is 12.6. The number of amides is 2. The molecule has 1 saturated heterocycles. The van der Waals surface area contributed by atoms with E-state index in [1.165, 1.54) is 28.0 Å². The van der Waals surface area contributed by atoms with Gasteiger partial charge in [0.2, 0.25) is 0 Å². The molecule has 0 saturated carbocycles. The van der Waals surface area contributed by atoms with Crippen LogP contribution in [0.3, 0.4) is 0 Å². The summed E-state index contributed by atoms with van der Waals surface area (Å²) in [6.45, 7) is 1.84. The highest BCUT2D eigenvalue weighted by Crippen LogP contribution is 2.24. The maximum Gasteiger partial charge on any atom is 0.338 e. The predicted octanol–water partition coefficient (Wildman–Crippen LogP) is 0.327. The Hall–Kier alpha value is -3.84. The van der Waals surface area contributed by atoms with E-state index >= 15 is 0 Å². The maximum atomic E-state index is 13.3. The van der Waals surface area contributed by atoms with Crippen LogP contribution in [0.4, 0.5) is 11.5 Å². The number of esters is 1. The van der Waals surface area contributed by atoms with Crippen LogP contribution in [0.1, 0.15) is 12.6 Å². The Morgan fingerprint density at radius 1 is 1.29 bits per heavy atom. The number of anilines is 2. The summed E-state index contributed by atoms with van der Waals surface area (Å²) < 4.78 is 11.5. The van der Waals surface area contributed by atoms with Crippen LogP contribution in [0.5, 0.6) is 0 Å². The van der Waals surface area contributed by atoms with Gasteiger partial charge in [-0.25, -0.2) is 14.5 Å². The number of carbonyl (C=O) groups excluding carboxylic acids is 3. The number of ether oxygens (including phenoxy) is 2. The molecule has 0 aliphatic carbocycles. The fourth-order valence-corrected chi connectivity index (χ4v) is 3.80. The summed E-state index contributed by atoms with van der Waals surface area (Å²) in [4.78, 5) is 43.3. The molecule has 34 heavy (non-hydrogen) atoms. The number of rotatable bonds is 9. The molecule has 3 N–H and O–H groups in total. The molecule has 4 rings (SSSR count). The van der Waals surface area contributed by atoms with E-state index in [0.717, 1.165) is 5.69 Å². The van der Waals surface area contributed by atoms with Crippen molar-refractivity contribution in [3.8, 4) is 5.69 Å². The number of aromatic nitrogens is 4. The minimum atomic E-state index is -0.999. The van der Waals surface area contributed by atoms with Crippen LogP contribution in [0.2, 0.25) is 0 Å². The molecule has 3 atom stereocenters. The number of nitrogen functional groups attached to an aromatic ring is 1. The first-order valence-electron chi connectivity index (χ1n) is 10.4. The lowest BCUT2D eigenvalue weighted by Crippen LogP contribution is -2.50. The van der Waals surface area contributed by atoms with Gasteiger partial charge < -0.3 is 20.5 Å². The second-order valence-electron chi connectivity index (χ2n) is 7.48. The van der Waals surface area contributed by atoms with Gasteiger partial charge >= 0.3 is 5.97 Å². The van der Waals surface area contributed by atoms with Crippen molar-refractivity contribution in [2.24, 2.45) is 0 Å². The minimum Gasteiger partial charge on any atom is -0.464 e. The molecular weight excluding hydrogens is 462 g/mol. The lowest BCUT2D eigenvalue weighted by molar-refractivity contribution is -0.144. The zero-order chi connectivity index (χ0) is 24.2. The summed E-state index contributed by atoms with van der Waals surface area (Å²) in [6, 6.07) is 6.05. The molecule has 1 aromatic carbocycles. The fourth-order valence-electron chi connectivity index (χ4n) is 3.23. The van der Waals surface area contributed by atoms with E-state index in [1.807, 2.05) is 0 Å². The average molecular weight is 486 g/mol. The van der Waals surface area contributed by atoms with Crippen molar-refractivity contribution < 1.29 is 23.9 Å². The van der Waals surface area contributed by atoms with Gasteiger partial charge in [0, 0.05) is 24.5 Å². The Morgan fingerprint density at radius 3 is 2.74 bits per heavy atom. The highest BCUT2D eigenvalue weighted by atomic mass is 32.1. The van der Waals surface area contributed by atoms with Crippen LogP contribution < -0.4 is 16.0 Å². The number of hydrogen-bond acceptors (Lipinski definition) is 10. The van der Waals surface area contributed by atoms with Crippen molar-refractivity contribution in [1.82, 2.24) is 25.3 Å². The fraction of sp³-hybridized carbons (Fsp3) is 0.333. The topological polar surface area (TPSA) is 158 Å². The molecule has 12 nitrogen and oxygen atoms in total. The molecule has 1 aliphatic rings. The first-order chi connectivity index (χ1) is 16.4. The van der Waals surface area contributed by atoms with Gasteiger partial charge in [-0.1, -0.05) is 5.21 Å². The normalized spacial score (nSPS) is 17.6. The van der Waals surface area contributed by atoms with Crippen molar-refractivity contribution in [1.29, 1.82) is 0 Å². The van der Waals surface area contributed by atoms with Crippen molar-refractivity contribution >= 4 is 40.6 Å². The van der Waals surface area contributed by atoms with E-state index in [2.05, 4.69) is 20.6 Å². The molecule has 0 radical (unpaired) electrons. The molecule has 178 valence electrons. The Labute approximate surface area is 198 Å². The second kappa shape index (κ2) is 9.97. The van der Waals surface area contributed by atoms with Crippen LogP contribution in [0, 0.1) is 0 Å². The number of nitrogens with zero attached hydrogens (tertiary/aromatic N) is 5. The van der Waals surface area contributed by atoms with E-state index < -0.39 is 36.0 Å². The van der Waals surface area contributed by atoms with Crippen LogP contribution in [0.15, 0.2) is 41.4 Å². The molecule has 0 unspecified atom stereocenters. The third kappa shape index (κ3) is 5.21. The first kappa shape index (κ1) is 23.3. The van der Waals surface area contributed by atoms with Crippen LogP contribution >= 0.6 is 11.3 Å². The predicted molar refractivity (Wildman–Crippen MR) is 122 cm³/mol. The molecule has 1 aliphatic heterocycles. The molecule has 0 spiro atoms. The van der Waals surface area contributed by atoms with E-state index in [4.69, 9.17) is 15.2 Å². The number of thiazole rings is 1. The number of carbonyl (C=O) groups is 3. The summed E-state index contributed by atoms with van der Waals surface area (Å²) in [6.07, 6.45) is -0.221. The smallest absolute Gasteiger partial charge is 0.338 e. The zero-order valence-corrected chi connectivity index (χ0v) is 19.3. The lowest BCUT2D eigenvalue weighted by Gasteiger charge is -2.22. The highest BCUT2D eigenvalue weighted by Gasteiger charge is 2.52. The van der Waals surface area contributed by atoms with Gasteiger partial charge in [0.15, 0.2) is 18.0 Å². The standard InChI is InChI=1S/C21H23N7O5S/c1-3-32-21(31)18-17(33-18)19(29)24-15(8-13-10-34-11-23-13)20(30)27(2)16-9-28(26-25-16)14-6-4-12(22)5-7-14/h4-7,9-11,15,17-18H,3,8,22H2,1-2H3,(H,24,29)/t15-,17-,18-/m0/s1. The first-order valence-corrected chi connectivity index (χ1v) is 11.4. The van der Waals surface area contributed by atoms with Gasteiger partial charge in [0.25, 0.3) is 11.8 Å². The maximum absolute atomic E-state index is 13.3. The third-order valence-electron chi connectivity index (χ3n) is 5.09. The number of likely N-dealkylation sites (N-methyl/N-ethyl adjacent to an activating group) is 1. The van der Waals surface area contributed by atoms with Crippen LogP contribution in [-0.4, -0.2) is 69.7 Å². The summed E-state index contributed by atoms with van der Waals surface area (Å²) >= 11 is 1.38. The Morgan fingerprint density at radius 2 is 2.06 bits per heavy atom. The van der Waals surface area contributed by atoms with Crippen molar-refractivity contribution in [2.75, 3.05) is 24.3 Å². The van der Waals surface area contributed by atoms with E-state index in [-0.39, 0.29) is 18.8 Å². The number of epoxide rings is 1. The molecule has 3 heterocycles. The second-order valence-corrected chi connectivity index (χ2v) is 8.20. The molecule has 0 bridgehead atoms. The molecular formula is C21H23N7O5S. The van der Waals surface area contributed by atoms with Crippen molar-refractivity contribution in [3.63, 3.8) is 0 Å². The Kier molecular flexibility index (Phi) is 6.84. The minimum absolute atomic E-state index is 0.154. The summed E-state index contributed by atoms with van der Waals surface area (Å²) in [5.74, 6) is -1.34. The third-order valence-corrected chi connectivity index (χ3v) is 5.73. The number of nitrogens with one attached hydrogen (secondary N) is 1. The lowest BCUT2D eigenvalue weighted by atomic mass is 10.1. The number of nitrogens with two attached hydrogens (primary N) is 1. The highest BCUT2D eigenvalue weighted by molar-refractivity contribution is 7.07. The van der Waals surface area contributed by atoms with Gasteiger partial charge in [0.05, 0.1) is 29.7 Å². The summed E-state index contributed by atoms with van der Waals surface area (Å²) in [7, 11) is 1.54. The van der Waals surface area contributed by atoms with Gasteiger partial charge in [-0.05, 0) is 31.2 Å². The quantitative estimate of drug-likeness (QED) is 0.247. The van der Waals surface area contributed by atoms with Gasteiger partial charge in [-0.2, -0.15) is 0 Å². The van der Waals surface area contributed by atoms with E-state index in [1.54, 1.807) is 48.3 Å². The molecule has 2 aromatic heterocycles. The Balaban J connectivity index is 1.47. The van der Waals surface area contributed by atoms with Crippen molar-refractivity contribution in [2.45, 2.75) is 31.6 Å². The average Bonchev–Trinajstić information content (AvgIpc) is 3.20. The zero-order valence-electron chi connectivity index (χ0n) is 18.5. The number of hydrogen-bond donors (Lipinski definition) is 2. The molecule has 2 amide bonds. The number of benzene rings is 1. The SMILES string of the molecule is CCOC(=O)[C@H]1O[C@@H]1C(=O)N[C@@H](Cc1cscn1)C(=O)N(C)c1cn(-c2ccc(N)cc2)nn1. The Bertz CT molecular complexity index is 1160. The van der Waals surface area contributed by atoms with Crippen LogP contribution in [0.25, 0.3) is 5.69 Å². The molecule has 13 heteroatoms. The summed E-state index contributed by atoms with van der Waals surface area (Å²) in [5.41, 5.74) is 9.33. The van der Waals surface area contributed by atoms with E-state index in [9.17, 15) is 14.4 Å². The van der Waals surface area contributed by atoms with Crippen LogP contribution in [-0.2, 0) is 30.3 Å². The largest absolute Gasteiger partial charge is 0.464 e. The van der Waals surface area contributed by atoms with Gasteiger partial charge in [0.1, 0.15) is 6.04 Å². The van der Waals surface area contributed by atoms with Gasteiger partial charge in [-0.15, -0.1) is 16.4 Å². The molecule has 3 aromatic rings. The van der Waals surface area contributed by atoms with E-state index in [0.29, 0.717) is 11.4 Å². The van der Waals surface area contributed by atoms with Gasteiger partial charge in [-0.3, -0.25) is 14.5 Å². The van der Waals surface area contributed by atoms with Crippen molar-refractivity contribution in [3.05, 3.63) is 47.0 Å². The molecule has 1 fully saturated rings.